The number of aliphatic hydroxyl groups is 1. The van der Waals surface area contributed by atoms with Gasteiger partial charge in [-0.05, 0) is 17.5 Å². The van der Waals surface area contributed by atoms with E-state index < -0.39 is 0 Å². The molecule has 64 valence electrons. The second-order valence-electron chi connectivity index (χ2n) is 2.67. The van der Waals surface area contributed by atoms with Crippen molar-refractivity contribution in [3.05, 3.63) is 41.5 Å². The van der Waals surface area contributed by atoms with Gasteiger partial charge in [-0.25, -0.2) is 0 Å². The Hall–Kier alpha value is -1.08. The van der Waals surface area contributed by atoms with Gasteiger partial charge in [0.2, 0.25) is 0 Å². The van der Waals surface area contributed by atoms with Crippen molar-refractivity contribution >= 4 is 6.08 Å². The molecule has 0 saturated heterocycles. The molecule has 0 aliphatic heterocycles. The van der Waals surface area contributed by atoms with Crippen LogP contribution in [0.3, 0.4) is 0 Å². The normalized spacial score (nSPS) is 10.8. The smallest absolute Gasteiger partial charge is 0.0687 e. The number of rotatable bonds is 3. The Morgan fingerprint density at radius 3 is 2.75 bits per heavy atom. The second-order valence-corrected chi connectivity index (χ2v) is 2.67. The average Bonchev–Trinajstić information content (AvgIpc) is 2.15. The Morgan fingerprint density at radius 2 is 2.08 bits per heavy atom. The molecule has 12 heavy (non-hydrogen) atoms. The van der Waals surface area contributed by atoms with Gasteiger partial charge in [0.15, 0.2) is 0 Å². The Morgan fingerprint density at radius 1 is 1.33 bits per heavy atom. The molecule has 0 amide bonds. The van der Waals surface area contributed by atoms with Gasteiger partial charge < -0.3 is 5.11 Å². The summed E-state index contributed by atoms with van der Waals surface area (Å²) in [7, 11) is 0. The van der Waals surface area contributed by atoms with Crippen LogP contribution in [0.2, 0.25) is 0 Å². The summed E-state index contributed by atoms with van der Waals surface area (Å²) in [6.07, 6.45) is 5.17. The Bertz CT molecular complexity index is 263. The van der Waals surface area contributed by atoms with E-state index in [0.29, 0.717) is 0 Å². The van der Waals surface area contributed by atoms with Crippen molar-refractivity contribution in [2.75, 3.05) is 0 Å². The van der Waals surface area contributed by atoms with E-state index in [1.165, 1.54) is 0 Å². The van der Waals surface area contributed by atoms with Crippen LogP contribution in [0.5, 0.6) is 0 Å². The lowest BCUT2D eigenvalue weighted by molar-refractivity contribution is 0.281. The number of allylic oxidation sites excluding steroid dienone is 1. The van der Waals surface area contributed by atoms with E-state index >= 15 is 0 Å². The first-order valence-corrected chi connectivity index (χ1v) is 4.23. The maximum atomic E-state index is 8.98. The van der Waals surface area contributed by atoms with Gasteiger partial charge in [-0.3, -0.25) is 0 Å². The Balaban J connectivity index is 2.89. The lowest BCUT2D eigenvalue weighted by atomic mass is 10.1. The van der Waals surface area contributed by atoms with Crippen LogP contribution in [0.15, 0.2) is 30.3 Å². The molecule has 0 atom stereocenters. The van der Waals surface area contributed by atoms with Crippen LogP contribution in [0.4, 0.5) is 0 Å². The summed E-state index contributed by atoms with van der Waals surface area (Å²) in [5.41, 5.74) is 2.10. The first-order valence-electron chi connectivity index (χ1n) is 4.23. The highest BCUT2D eigenvalue weighted by Crippen LogP contribution is 2.10. The largest absolute Gasteiger partial charge is 0.392 e. The molecule has 0 heterocycles. The lowest BCUT2D eigenvalue weighted by Crippen LogP contribution is -1.86. The zero-order valence-electron chi connectivity index (χ0n) is 7.33. The summed E-state index contributed by atoms with van der Waals surface area (Å²) in [5, 5.41) is 8.98. The molecular weight excluding hydrogens is 148 g/mol. The molecule has 0 aromatic heterocycles. The predicted molar refractivity (Wildman–Crippen MR) is 51.7 cm³/mol. The van der Waals surface area contributed by atoms with Crippen LogP contribution >= 0.6 is 0 Å². The standard InChI is InChI=1S/C11H14O/c1-2-3-6-10-7-4-5-8-11(10)9-12/h3-8,12H,2,9H2,1H3/b6-3+. The maximum absolute atomic E-state index is 8.98. The molecule has 1 nitrogen and oxygen atoms in total. The molecule has 0 saturated carbocycles. The van der Waals surface area contributed by atoms with Crippen LogP contribution < -0.4 is 0 Å². The SMILES string of the molecule is CC/C=C/c1ccccc1CO. The van der Waals surface area contributed by atoms with Gasteiger partial charge in [0.05, 0.1) is 6.61 Å². The summed E-state index contributed by atoms with van der Waals surface area (Å²) in [6.45, 7) is 2.21. The molecule has 1 aromatic carbocycles. The van der Waals surface area contributed by atoms with Crippen molar-refractivity contribution in [1.82, 2.24) is 0 Å². The van der Waals surface area contributed by atoms with E-state index in [1.807, 2.05) is 30.3 Å². The molecule has 1 rings (SSSR count). The van der Waals surface area contributed by atoms with Crippen molar-refractivity contribution in [3.8, 4) is 0 Å². The fourth-order valence-corrected chi connectivity index (χ4v) is 1.09. The zero-order chi connectivity index (χ0) is 8.81. The molecule has 1 aromatic rings. The second kappa shape index (κ2) is 4.73. The Kier molecular flexibility index (Phi) is 3.55. The minimum Gasteiger partial charge on any atom is -0.392 e. The zero-order valence-corrected chi connectivity index (χ0v) is 7.33. The van der Waals surface area contributed by atoms with Crippen molar-refractivity contribution in [3.63, 3.8) is 0 Å². The molecule has 1 heteroatoms. The fourth-order valence-electron chi connectivity index (χ4n) is 1.09. The minimum atomic E-state index is 0.115. The van der Waals surface area contributed by atoms with Crippen LogP contribution in [0, 0.1) is 0 Å². The highest BCUT2D eigenvalue weighted by molar-refractivity contribution is 5.53. The lowest BCUT2D eigenvalue weighted by Gasteiger charge is -2.00. The quantitative estimate of drug-likeness (QED) is 0.724. The molecule has 0 fully saturated rings. The third kappa shape index (κ3) is 2.21. The van der Waals surface area contributed by atoms with Gasteiger partial charge in [0.1, 0.15) is 0 Å². The highest BCUT2D eigenvalue weighted by Gasteiger charge is 1.94. The van der Waals surface area contributed by atoms with E-state index in [1.54, 1.807) is 0 Å². The first kappa shape index (κ1) is 9.01. The molecule has 0 radical (unpaired) electrons. The Labute approximate surface area is 73.4 Å². The van der Waals surface area contributed by atoms with E-state index in [4.69, 9.17) is 5.11 Å². The summed E-state index contributed by atoms with van der Waals surface area (Å²) < 4.78 is 0. The highest BCUT2D eigenvalue weighted by atomic mass is 16.3. The van der Waals surface area contributed by atoms with E-state index in [9.17, 15) is 0 Å². The molecule has 0 aliphatic rings. The van der Waals surface area contributed by atoms with Crippen molar-refractivity contribution in [2.45, 2.75) is 20.0 Å². The fraction of sp³-hybridized carbons (Fsp3) is 0.273. The van der Waals surface area contributed by atoms with E-state index in [0.717, 1.165) is 17.5 Å². The maximum Gasteiger partial charge on any atom is 0.0687 e. The third-order valence-corrected chi connectivity index (χ3v) is 1.76. The number of aliphatic hydroxyl groups excluding tert-OH is 1. The summed E-state index contributed by atoms with van der Waals surface area (Å²) in [6, 6.07) is 7.87. The third-order valence-electron chi connectivity index (χ3n) is 1.76. The van der Waals surface area contributed by atoms with E-state index in [2.05, 4.69) is 13.0 Å². The molecule has 0 unspecified atom stereocenters. The topological polar surface area (TPSA) is 20.2 Å². The number of benzene rings is 1. The molecule has 0 spiro atoms. The number of hydrogen-bond acceptors (Lipinski definition) is 1. The van der Waals surface area contributed by atoms with Gasteiger partial charge in [-0.15, -0.1) is 0 Å². The average molecular weight is 162 g/mol. The molecule has 1 N–H and O–H groups in total. The van der Waals surface area contributed by atoms with Crippen molar-refractivity contribution in [1.29, 1.82) is 0 Å². The molecule has 0 aliphatic carbocycles. The summed E-state index contributed by atoms with van der Waals surface area (Å²) in [4.78, 5) is 0. The first-order chi connectivity index (χ1) is 5.88. The van der Waals surface area contributed by atoms with Crippen LogP contribution in [0.25, 0.3) is 6.08 Å². The molecular formula is C11H14O. The molecule has 0 bridgehead atoms. The summed E-state index contributed by atoms with van der Waals surface area (Å²) in [5.74, 6) is 0. The van der Waals surface area contributed by atoms with E-state index in [-0.39, 0.29) is 6.61 Å². The van der Waals surface area contributed by atoms with Crippen molar-refractivity contribution in [2.24, 2.45) is 0 Å². The monoisotopic (exact) mass is 162 g/mol. The van der Waals surface area contributed by atoms with Crippen LogP contribution in [-0.4, -0.2) is 5.11 Å². The van der Waals surface area contributed by atoms with Crippen LogP contribution in [-0.2, 0) is 6.61 Å². The summed E-state index contributed by atoms with van der Waals surface area (Å²) >= 11 is 0. The van der Waals surface area contributed by atoms with Gasteiger partial charge in [-0.1, -0.05) is 43.3 Å². The van der Waals surface area contributed by atoms with Crippen molar-refractivity contribution < 1.29 is 5.11 Å². The van der Waals surface area contributed by atoms with Gasteiger partial charge in [0, 0.05) is 0 Å². The van der Waals surface area contributed by atoms with Gasteiger partial charge in [-0.2, -0.15) is 0 Å². The van der Waals surface area contributed by atoms with Gasteiger partial charge >= 0.3 is 0 Å². The number of hydrogen-bond donors (Lipinski definition) is 1. The predicted octanol–water partition coefficient (Wildman–Crippen LogP) is 2.60. The van der Waals surface area contributed by atoms with Crippen LogP contribution in [0.1, 0.15) is 24.5 Å². The van der Waals surface area contributed by atoms with Gasteiger partial charge in [0.25, 0.3) is 0 Å². The minimum absolute atomic E-state index is 0.115.